The summed E-state index contributed by atoms with van der Waals surface area (Å²) in [4.78, 5) is 10.8. The van der Waals surface area contributed by atoms with Gasteiger partial charge in [-0.1, -0.05) is 35.9 Å². The van der Waals surface area contributed by atoms with Crippen LogP contribution in [0.15, 0.2) is 53.4 Å². The fourth-order valence-corrected chi connectivity index (χ4v) is 3.40. The summed E-state index contributed by atoms with van der Waals surface area (Å²) in [6.07, 6.45) is -0.567. The van der Waals surface area contributed by atoms with Gasteiger partial charge in [0.15, 0.2) is 0 Å². The van der Waals surface area contributed by atoms with Crippen molar-refractivity contribution in [3.8, 4) is 0 Å². The number of sulfonamides is 1. The minimum absolute atomic E-state index is 0.0414. The van der Waals surface area contributed by atoms with Crippen LogP contribution in [0.1, 0.15) is 17.2 Å². The Kier molecular flexibility index (Phi) is 6.55. The first-order valence-corrected chi connectivity index (χ1v) is 9.26. The van der Waals surface area contributed by atoms with Crippen molar-refractivity contribution in [3.05, 3.63) is 64.7 Å². The number of carboxylic acids is 1. The monoisotopic (exact) mass is 383 g/mol. The van der Waals surface area contributed by atoms with Crippen molar-refractivity contribution in [1.82, 2.24) is 4.72 Å². The predicted molar refractivity (Wildman–Crippen MR) is 94.2 cm³/mol. The van der Waals surface area contributed by atoms with Crippen molar-refractivity contribution in [3.63, 3.8) is 0 Å². The van der Waals surface area contributed by atoms with Crippen LogP contribution in [0.25, 0.3) is 0 Å². The molecule has 0 fully saturated rings. The van der Waals surface area contributed by atoms with E-state index in [0.717, 1.165) is 5.56 Å². The first-order valence-electron chi connectivity index (χ1n) is 7.40. The molecule has 0 amide bonds. The number of methoxy groups -OCH3 is 1. The van der Waals surface area contributed by atoms with Gasteiger partial charge in [0, 0.05) is 18.7 Å². The minimum atomic E-state index is -3.68. The number of hydrogen-bond acceptors (Lipinski definition) is 4. The van der Waals surface area contributed by atoms with Gasteiger partial charge in [0.1, 0.15) is 0 Å². The van der Waals surface area contributed by atoms with Crippen LogP contribution in [-0.2, 0) is 26.0 Å². The van der Waals surface area contributed by atoms with E-state index in [0.29, 0.717) is 10.6 Å². The fraction of sp³-hybridized carbons (Fsp3) is 0.235. The van der Waals surface area contributed by atoms with Crippen LogP contribution in [0, 0.1) is 0 Å². The third-order valence-corrected chi connectivity index (χ3v) is 5.27. The molecule has 1 unspecified atom stereocenters. The maximum atomic E-state index is 12.3. The van der Waals surface area contributed by atoms with Crippen LogP contribution in [0.5, 0.6) is 0 Å². The number of ether oxygens (including phenoxy) is 1. The van der Waals surface area contributed by atoms with Crippen molar-refractivity contribution >= 4 is 27.6 Å². The van der Waals surface area contributed by atoms with Gasteiger partial charge in [0.25, 0.3) is 0 Å². The van der Waals surface area contributed by atoms with Gasteiger partial charge in [-0.05, 0) is 35.4 Å². The second-order valence-corrected chi connectivity index (χ2v) is 7.55. The van der Waals surface area contributed by atoms with Gasteiger partial charge >= 0.3 is 5.97 Å². The summed E-state index contributed by atoms with van der Waals surface area (Å²) in [5.41, 5.74) is 1.41. The van der Waals surface area contributed by atoms with Crippen molar-refractivity contribution in [1.29, 1.82) is 0 Å². The minimum Gasteiger partial charge on any atom is -0.481 e. The largest absolute Gasteiger partial charge is 0.481 e. The van der Waals surface area contributed by atoms with Gasteiger partial charge in [-0.3, -0.25) is 4.79 Å². The van der Waals surface area contributed by atoms with Gasteiger partial charge in [-0.25, -0.2) is 13.1 Å². The summed E-state index contributed by atoms with van der Waals surface area (Å²) >= 11 is 5.76. The van der Waals surface area contributed by atoms with Gasteiger partial charge in [0.05, 0.1) is 17.4 Å². The molecule has 0 aliphatic carbocycles. The normalized spacial score (nSPS) is 12.7. The molecular formula is C17H18ClNO5S. The third kappa shape index (κ3) is 5.54. The zero-order valence-corrected chi connectivity index (χ0v) is 15.0. The average molecular weight is 384 g/mol. The van der Waals surface area contributed by atoms with E-state index < -0.39 is 22.1 Å². The van der Waals surface area contributed by atoms with E-state index >= 15 is 0 Å². The van der Waals surface area contributed by atoms with Crippen molar-refractivity contribution in [2.24, 2.45) is 0 Å². The van der Waals surface area contributed by atoms with Gasteiger partial charge < -0.3 is 9.84 Å². The first kappa shape index (κ1) is 19.4. The second kappa shape index (κ2) is 8.44. The lowest BCUT2D eigenvalue weighted by molar-refractivity contribution is -0.136. The number of nitrogens with one attached hydrogen (secondary N) is 1. The number of aliphatic carboxylic acids is 1. The number of hydrogen-bond donors (Lipinski definition) is 2. The molecule has 2 aromatic rings. The van der Waals surface area contributed by atoms with Crippen molar-refractivity contribution in [2.45, 2.75) is 17.4 Å². The Balaban J connectivity index is 2.06. The number of benzene rings is 2. The Morgan fingerprint density at radius 2 is 1.76 bits per heavy atom. The molecule has 0 aromatic heterocycles. The van der Waals surface area contributed by atoms with E-state index in [1.807, 2.05) is 0 Å². The summed E-state index contributed by atoms with van der Waals surface area (Å²) in [5, 5.41) is 9.23. The summed E-state index contributed by atoms with van der Waals surface area (Å²) in [5.74, 6) is -0.910. The van der Waals surface area contributed by atoms with E-state index in [1.165, 1.54) is 31.4 Å². The Morgan fingerprint density at radius 1 is 1.16 bits per heavy atom. The molecule has 1 atom stereocenters. The zero-order chi connectivity index (χ0) is 18.4. The standard InChI is InChI=1S/C17H18ClNO5S/c1-24-16(13-4-2-12(3-5-13)10-17(20)21)11-19-25(22,23)15-8-6-14(18)7-9-15/h2-9,16,19H,10-11H2,1H3,(H,20,21). The van der Waals surface area contributed by atoms with Crippen molar-refractivity contribution < 1.29 is 23.1 Å². The highest BCUT2D eigenvalue weighted by atomic mass is 35.5. The molecule has 25 heavy (non-hydrogen) atoms. The topological polar surface area (TPSA) is 92.7 Å². The first-order chi connectivity index (χ1) is 11.8. The summed E-state index contributed by atoms with van der Waals surface area (Å²) in [6, 6.07) is 12.7. The second-order valence-electron chi connectivity index (χ2n) is 5.34. The van der Waals surface area contributed by atoms with E-state index in [-0.39, 0.29) is 17.9 Å². The fourth-order valence-electron chi connectivity index (χ4n) is 2.24. The molecule has 0 aliphatic rings. The lowest BCUT2D eigenvalue weighted by Gasteiger charge is -2.17. The summed E-state index contributed by atoms with van der Waals surface area (Å²) in [6.45, 7) is 0.0414. The van der Waals surface area contributed by atoms with Crippen LogP contribution in [0.4, 0.5) is 0 Å². The number of carbonyl (C=O) groups is 1. The van der Waals surface area contributed by atoms with Crippen LogP contribution in [0.3, 0.4) is 0 Å². The SMILES string of the molecule is COC(CNS(=O)(=O)c1ccc(Cl)cc1)c1ccc(CC(=O)O)cc1. The molecule has 134 valence electrons. The lowest BCUT2D eigenvalue weighted by atomic mass is 10.1. The Labute approximate surface area is 151 Å². The summed E-state index contributed by atoms with van der Waals surface area (Å²) in [7, 11) is -2.20. The quantitative estimate of drug-likeness (QED) is 0.731. The van der Waals surface area contributed by atoms with Crippen LogP contribution in [0.2, 0.25) is 5.02 Å². The number of rotatable bonds is 8. The summed E-state index contributed by atoms with van der Waals surface area (Å²) < 4.78 is 32.4. The Morgan fingerprint density at radius 3 is 2.28 bits per heavy atom. The molecule has 0 bridgehead atoms. The van der Waals surface area contributed by atoms with Crippen LogP contribution < -0.4 is 4.72 Å². The molecule has 8 heteroatoms. The number of carboxylic acid groups (broad SMARTS) is 1. The van der Waals surface area contributed by atoms with Gasteiger partial charge in [-0.2, -0.15) is 0 Å². The van der Waals surface area contributed by atoms with Gasteiger partial charge in [0.2, 0.25) is 10.0 Å². The van der Waals surface area contributed by atoms with Gasteiger partial charge in [-0.15, -0.1) is 0 Å². The maximum Gasteiger partial charge on any atom is 0.307 e. The molecule has 0 heterocycles. The molecule has 2 N–H and O–H groups in total. The molecule has 0 aliphatic heterocycles. The molecule has 2 aromatic carbocycles. The Bertz CT molecular complexity index is 819. The highest BCUT2D eigenvalue weighted by Gasteiger charge is 2.18. The molecule has 2 rings (SSSR count). The predicted octanol–water partition coefficient (Wildman–Crippen LogP) is 2.63. The molecule has 6 nitrogen and oxygen atoms in total. The number of halogens is 1. The third-order valence-electron chi connectivity index (χ3n) is 3.57. The van der Waals surface area contributed by atoms with E-state index in [2.05, 4.69) is 4.72 Å². The van der Waals surface area contributed by atoms with Crippen molar-refractivity contribution in [2.75, 3.05) is 13.7 Å². The molecular weight excluding hydrogens is 366 g/mol. The molecule has 0 saturated carbocycles. The Hall–Kier alpha value is -1.93. The molecule has 0 saturated heterocycles. The van der Waals surface area contributed by atoms with E-state index in [1.54, 1.807) is 24.3 Å². The van der Waals surface area contributed by atoms with E-state index in [4.69, 9.17) is 21.4 Å². The van der Waals surface area contributed by atoms with E-state index in [9.17, 15) is 13.2 Å². The lowest BCUT2D eigenvalue weighted by Crippen LogP contribution is -2.29. The highest BCUT2D eigenvalue weighted by molar-refractivity contribution is 7.89. The smallest absolute Gasteiger partial charge is 0.307 e. The maximum absolute atomic E-state index is 12.3. The highest BCUT2D eigenvalue weighted by Crippen LogP contribution is 2.19. The van der Waals surface area contributed by atoms with Crippen LogP contribution in [-0.4, -0.2) is 33.1 Å². The molecule has 0 spiro atoms. The molecule has 0 radical (unpaired) electrons. The van der Waals surface area contributed by atoms with Crippen LogP contribution >= 0.6 is 11.6 Å². The zero-order valence-electron chi connectivity index (χ0n) is 13.5. The average Bonchev–Trinajstić information content (AvgIpc) is 2.56.